The van der Waals surface area contributed by atoms with Gasteiger partial charge < -0.3 is 9.32 Å². The topological polar surface area (TPSA) is 71.6 Å². The van der Waals surface area contributed by atoms with E-state index < -0.39 is 0 Å². The van der Waals surface area contributed by atoms with E-state index in [4.69, 9.17) is 4.42 Å². The minimum Gasteiger partial charge on any atom is -0.463 e. The van der Waals surface area contributed by atoms with Crippen molar-refractivity contribution in [3.63, 3.8) is 0 Å². The van der Waals surface area contributed by atoms with Crippen LogP contribution in [-0.4, -0.2) is 57.2 Å². The fourth-order valence-corrected chi connectivity index (χ4v) is 6.59. The first-order valence-electron chi connectivity index (χ1n) is 12.0. The number of furan rings is 1. The van der Waals surface area contributed by atoms with E-state index in [0.717, 1.165) is 25.9 Å². The molecule has 5 heterocycles. The van der Waals surface area contributed by atoms with Gasteiger partial charge in [0.2, 0.25) is 5.91 Å². The van der Waals surface area contributed by atoms with Gasteiger partial charge >= 0.3 is 0 Å². The fraction of sp³-hybridized carbons (Fsp3) is 0.560. The van der Waals surface area contributed by atoms with E-state index in [1.54, 1.807) is 24.5 Å². The molecule has 4 atom stereocenters. The molecule has 2 bridgehead atoms. The van der Waals surface area contributed by atoms with Crippen molar-refractivity contribution in [1.82, 2.24) is 19.6 Å². The summed E-state index contributed by atoms with van der Waals surface area (Å²) in [5.74, 6) is 1.72. The van der Waals surface area contributed by atoms with Gasteiger partial charge in [0.25, 0.3) is 5.56 Å². The maximum absolute atomic E-state index is 13.5. The zero-order valence-corrected chi connectivity index (χ0v) is 18.4. The summed E-state index contributed by atoms with van der Waals surface area (Å²) in [5, 5.41) is 4.41. The molecule has 3 fully saturated rings. The van der Waals surface area contributed by atoms with Crippen LogP contribution in [0.1, 0.15) is 38.5 Å². The SMILES string of the molecule is O=C(Cn1nc(-c2ccco2)ccc1=O)N1CCCC2=CC3CC(CN4CCCCC34)C21. The third-order valence-corrected chi connectivity index (χ3v) is 7.90. The summed E-state index contributed by atoms with van der Waals surface area (Å²) >= 11 is 0. The lowest BCUT2D eigenvalue weighted by Crippen LogP contribution is -2.60. The number of nitrogens with zero attached hydrogens (tertiary/aromatic N) is 4. The van der Waals surface area contributed by atoms with E-state index in [9.17, 15) is 9.59 Å². The summed E-state index contributed by atoms with van der Waals surface area (Å²) < 4.78 is 6.69. The first-order chi connectivity index (χ1) is 15.7. The Bertz CT molecular complexity index is 1090. The number of amides is 1. The molecular formula is C25H30N4O3. The van der Waals surface area contributed by atoms with Crippen molar-refractivity contribution in [2.45, 2.75) is 57.2 Å². The first kappa shape index (κ1) is 20.0. The quantitative estimate of drug-likeness (QED) is 0.695. The van der Waals surface area contributed by atoms with E-state index in [1.165, 1.54) is 48.5 Å². The summed E-state index contributed by atoms with van der Waals surface area (Å²) in [4.78, 5) is 30.7. The Balaban J connectivity index is 1.26. The minimum atomic E-state index is -0.265. The second kappa shape index (κ2) is 8.03. The largest absolute Gasteiger partial charge is 0.463 e. The molecular weight excluding hydrogens is 404 g/mol. The van der Waals surface area contributed by atoms with Crippen LogP contribution < -0.4 is 5.56 Å². The summed E-state index contributed by atoms with van der Waals surface area (Å²) in [7, 11) is 0. The number of piperidine rings is 3. The number of fused-ring (bicyclic) bond motifs is 6. The molecule has 1 aliphatic carbocycles. The van der Waals surface area contributed by atoms with Crippen LogP contribution in [-0.2, 0) is 11.3 Å². The standard InChI is InChI=1S/C25H30N4O3/c30-23-9-8-20(22-7-4-12-32-22)26-29(23)16-24(31)28-11-3-5-17-13-18-14-19(25(17)28)15-27-10-2-1-6-21(18)27/h4,7-9,12-13,18-19,21,25H,1-3,5-6,10-11,14-16H2. The average Bonchev–Trinajstić information content (AvgIpc) is 3.35. The number of carbonyl (C=O) groups excluding carboxylic acids is 1. The maximum atomic E-state index is 13.5. The lowest BCUT2D eigenvalue weighted by Gasteiger charge is -2.54. The van der Waals surface area contributed by atoms with Crippen LogP contribution in [0, 0.1) is 11.8 Å². The summed E-state index contributed by atoms with van der Waals surface area (Å²) in [6.07, 6.45) is 11.3. The minimum absolute atomic E-state index is 0.00832. The summed E-state index contributed by atoms with van der Waals surface area (Å²) in [6, 6.07) is 7.57. The van der Waals surface area contributed by atoms with E-state index >= 15 is 0 Å². The van der Waals surface area contributed by atoms with Gasteiger partial charge in [0.15, 0.2) is 5.76 Å². The van der Waals surface area contributed by atoms with Gasteiger partial charge in [0, 0.05) is 25.2 Å². The Labute approximate surface area is 187 Å². The van der Waals surface area contributed by atoms with E-state index in [1.807, 2.05) is 4.90 Å². The second-order valence-electron chi connectivity index (χ2n) is 9.79. The number of hydrogen-bond acceptors (Lipinski definition) is 5. The Morgan fingerprint density at radius 3 is 2.97 bits per heavy atom. The summed E-state index contributed by atoms with van der Waals surface area (Å²) in [5.41, 5.74) is 1.75. The lowest BCUT2D eigenvalue weighted by atomic mass is 9.68. The molecule has 6 rings (SSSR count). The van der Waals surface area contributed by atoms with Crippen molar-refractivity contribution < 1.29 is 9.21 Å². The predicted octanol–water partition coefficient (Wildman–Crippen LogP) is 2.92. The number of likely N-dealkylation sites (tertiary alicyclic amines) is 1. The molecule has 3 saturated heterocycles. The van der Waals surface area contributed by atoms with Crippen LogP contribution in [0.4, 0.5) is 0 Å². The van der Waals surface area contributed by atoms with E-state index in [0.29, 0.717) is 29.3 Å². The molecule has 0 N–H and O–H groups in total. The van der Waals surface area contributed by atoms with Crippen LogP contribution in [0.15, 0.2) is 51.4 Å². The van der Waals surface area contributed by atoms with E-state index in [-0.39, 0.29) is 24.1 Å². The van der Waals surface area contributed by atoms with Crippen molar-refractivity contribution >= 4 is 5.91 Å². The molecule has 168 valence electrons. The van der Waals surface area contributed by atoms with Gasteiger partial charge in [-0.05, 0) is 68.7 Å². The van der Waals surface area contributed by atoms with Gasteiger partial charge in [-0.3, -0.25) is 14.5 Å². The van der Waals surface area contributed by atoms with Crippen molar-refractivity contribution in [1.29, 1.82) is 0 Å². The molecule has 1 amide bonds. The highest BCUT2D eigenvalue weighted by molar-refractivity contribution is 5.77. The molecule has 7 nitrogen and oxygen atoms in total. The third kappa shape index (κ3) is 3.43. The number of aromatic nitrogens is 2. The third-order valence-electron chi connectivity index (χ3n) is 7.90. The average molecular weight is 435 g/mol. The molecule has 4 aliphatic rings. The molecule has 0 saturated carbocycles. The van der Waals surface area contributed by atoms with E-state index in [2.05, 4.69) is 16.1 Å². The molecule has 32 heavy (non-hydrogen) atoms. The van der Waals surface area contributed by atoms with Crippen LogP contribution in [0.5, 0.6) is 0 Å². The smallest absolute Gasteiger partial charge is 0.267 e. The highest BCUT2D eigenvalue weighted by atomic mass is 16.3. The van der Waals surface area contributed by atoms with Crippen LogP contribution in [0.2, 0.25) is 0 Å². The van der Waals surface area contributed by atoms with Crippen LogP contribution >= 0.6 is 0 Å². The molecule has 0 aromatic carbocycles. The lowest BCUT2D eigenvalue weighted by molar-refractivity contribution is -0.137. The molecule has 2 aromatic heterocycles. The normalized spacial score (nSPS) is 29.8. The molecule has 4 unspecified atom stereocenters. The molecule has 7 heteroatoms. The summed E-state index contributed by atoms with van der Waals surface area (Å²) in [6.45, 7) is 3.03. The highest BCUT2D eigenvalue weighted by Gasteiger charge is 2.46. The zero-order valence-electron chi connectivity index (χ0n) is 18.4. The highest BCUT2D eigenvalue weighted by Crippen LogP contribution is 2.45. The van der Waals surface area contributed by atoms with Crippen molar-refractivity contribution in [2.24, 2.45) is 11.8 Å². The molecule has 3 aliphatic heterocycles. The monoisotopic (exact) mass is 434 g/mol. The van der Waals surface area contributed by atoms with Gasteiger partial charge in [-0.15, -0.1) is 0 Å². The fourth-order valence-electron chi connectivity index (χ4n) is 6.59. The van der Waals surface area contributed by atoms with Crippen LogP contribution in [0.3, 0.4) is 0 Å². The zero-order chi connectivity index (χ0) is 21.7. The van der Waals surface area contributed by atoms with Crippen molar-refractivity contribution in [3.05, 3.63) is 52.5 Å². The van der Waals surface area contributed by atoms with Gasteiger partial charge in [-0.25, -0.2) is 4.68 Å². The second-order valence-corrected chi connectivity index (χ2v) is 9.79. The Morgan fingerprint density at radius 2 is 2.09 bits per heavy atom. The van der Waals surface area contributed by atoms with Crippen LogP contribution in [0.25, 0.3) is 11.5 Å². The van der Waals surface area contributed by atoms with Crippen molar-refractivity contribution in [3.8, 4) is 11.5 Å². The maximum Gasteiger partial charge on any atom is 0.267 e. The van der Waals surface area contributed by atoms with Gasteiger partial charge in [0.05, 0.1) is 12.3 Å². The van der Waals surface area contributed by atoms with Gasteiger partial charge in [-0.1, -0.05) is 18.1 Å². The van der Waals surface area contributed by atoms with Crippen molar-refractivity contribution in [2.75, 3.05) is 19.6 Å². The molecule has 0 radical (unpaired) electrons. The number of rotatable bonds is 3. The van der Waals surface area contributed by atoms with Gasteiger partial charge in [0.1, 0.15) is 12.2 Å². The Kier molecular flexibility index (Phi) is 5.01. The Hall–Kier alpha value is -2.67. The molecule has 0 spiro atoms. The number of carbonyl (C=O) groups is 1. The number of hydrogen-bond donors (Lipinski definition) is 0. The predicted molar refractivity (Wildman–Crippen MR) is 120 cm³/mol. The first-order valence-corrected chi connectivity index (χ1v) is 12.0. The van der Waals surface area contributed by atoms with Gasteiger partial charge in [-0.2, -0.15) is 5.10 Å². The Morgan fingerprint density at radius 1 is 1.16 bits per heavy atom. The molecule has 2 aromatic rings.